The van der Waals surface area contributed by atoms with Gasteiger partial charge >= 0.3 is 0 Å². The Hall–Kier alpha value is -1.64. The van der Waals surface area contributed by atoms with Crippen molar-refractivity contribution in [3.8, 4) is 0 Å². The van der Waals surface area contributed by atoms with E-state index in [9.17, 15) is 4.57 Å². The van der Waals surface area contributed by atoms with E-state index in [2.05, 4.69) is 21.8 Å². The normalized spacial score (nSPS) is 11.7. The molecule has 1 N–H and O–H groups in total. The van der Waals surface area contributed by atoms with Crippen LogP contribution in [0.15, 0.2) is 48.5 Å². The van der Waals surface area contributed by atoms with Gasteiger partial charge in [0.25, 0.3) is 0 Å². The standard InChI is InChI=1S/C16H17N2OPS/c1-20(2,19)13-7-5-6-12(10-13)11-17-16-14-8-3-4-9-15(14)18-21-16/h3-10,17H,11H2,1-2H3. The van der Waals surface area contributed by atoms with Gasteiger partial charge in [0.1, 0.15) is 12.1 Å². The molecule has 1 aromatic heterocycles. The van der Waals surface area contributed by atoms with Crippen LogP contribution in [0.5, 0.6) is 0 Å². The lowest BCUT2D eigenvalue weighted by Crippen LogP contribution is -2.06. The third kappa shape index (κ3) is 3.17. The van der Waals surface area contributed by atoms with Gasteiger partial charge in [-0.15, -0.1) is 0 Å². The fourth-order valence-electron chi connectivity index (χ4n) is 2.20. The third-order valence-electron chi connectivity index (χ3n) is 3.37. The van der Waals surface area contributed by atoms with Crippen molar-refractivity contribution >= 4 is 39.9 Å². The average molecular weight is 316 g/mol. The highest BCUT2D eigenvalue weighted by molar-refractivity contribution is 7.70. The molecule has 3 aromatic rings. The minimum atomic E-state index is -2.21. The van der Waals surface area contributed by atoms with Crippen molar-refractivity contribution in [1.29, 1.82) is 0 Å². The van der Waals surface area contributed by atoms with Crippen LogP contribution in [0.2, 0.25) is 0 Å². The highest BCUT2D eigenvalue weighted by atomic mass is 32.1. The van der Waals surface area contributed by atoms with Gasteiger partial charge < -0.3 is 9.88 Å². The molecule has 0 aliphatic rings. The number of anilines is 1. The van der Waals surface area contributed by atoms with E-state index < -0.39 is 7.14 Å². The second kappa shape index (κ2) is 5.63. The fraction of sp³-hybridized carbons (Fsp3) is 0.188. The molecule has 2 aromatic carbocycles. The van der Waals surface area contributed by atoms with Crippen molar-refractivity contribution in [2.24, 2.45) is 0 Å². The number of benzene rings is 2. The smallest absolute Gasteiger partial charge is 0.117 e. The van der Waals surface area contributed by atoms with Gasteiger partial charge in [0.05, 0.1) is 5.52 Å². The number of fused-ring (bicyclic) bond motifs is 1. The van der Waals surface area contributed by atoms with E-state index in [0.29, 0.717) is 6.54 Å². The molecule has 108 valence electrons. The van der Waals surface area contributed by atoms with Gasteiger partial charge in [0, 0.05) is 17.2 Å². The molecule has 0 aliphatic carbocycles. The lowest BCUT2D eigenvalue weighted by molar-refractivity contribution is 0.588. The maximum Gasteiger partial charge on any atom is 0.117 e. The van der Waals surface area contributed by atoms with Gasteiger partial charge in [-0.05, 0) is 48.6 Å². The number of aromatic nitrogens is 1. The second-order valence-corrected chi connectivity index (χ2v) is 9.39. The Bertz CT molecular complexity index is 822. The molecule has 0 spiro atoms. The summed E-state index contributed by atoms with van der Waals surface area (Å²) in [7, 11) is -2.21. The monoisotopic (exact) mass is 316 g/mol. The molecular weight excluding hydrogens is 299 g/mol. The molecule has 1 heterocycles. The molecule has 0 amide bonds. The molecule has 3 rings (SSSR count). The molecule has 0 bridgehead atoms. The van der Waals surface area contributed by atoms with E-state index in [0.717, 1.165) is 26.8 Å². The van der Waals surface area contributed by atoms with Crippen molar-refractivity contribution in [3.05, 3.63) is 54.1 Å². The molecule has 0 unspecified atom stereocenters. The van der Waals surface area contributed by atoms with E-state index in [-0.39, 0.29) is 0 Å². The van der Waals surface area contributed by atoms with Crippen LogP contribution in [0.4, 0.5) is 5.00 Å². The van der Waals surface area contributed by atoms with Crippen LogP contribution in [0, 0.1) is 0 Å². The van der Waals surface area contributed by atoms with Crippen molar-refractivity contribution in [2.75, 3.05) is 18.6 Å². The number of nitrogens with zero attached hydrogens (tertiary/aromatic N) is 1. The number of rotatable bonds is 4. The van der Waals surface area contributed by atoms with Crippen LogP contribution in [0.1, 0.15) is 5.56 Å². The van der Waals surface area contributed by atoms with Gasteiger partial charge in [-0.3, -0.25) is 0 Å². The Morgan fingerprint density at radius 3 is 2.76 bits per heavy atom. The van der Waals surface area contributed by atoms with Crippen molar-refractivity contribution in [1.82, 2.24) is 4.37 Å². The highest BCUT2D eigenvalue weighted by Crippen LogP contribution is 2.34. The molecule has 0 radical (unpaired) electrons. The Morgan fingerprint density at radius 2 is 1.95 bits per heavy atom. The van der Waals surface area contributed by atoms with E-state index in [1.54, 1.807) is 13.3 Å². The first kappa shape index (κ1) is 14.3. The average Bonchev–Trinajstić information content (AvgIpc) is 2.88. The maximum absolute atomic E-state index is 12.1. The van der Waals surface area contributed by atoms with Gasteiger partial charge in [-0.2, -0.15) is 4.37 Å². The molecule has 5 heteroatoms. The van der Waals surface area contributed by atoms with Crippen LogP contribution >= 0.6 is 18.7 Å². The molecule has 0 aliphatic heterocycles. The first-order chi connectivity index (χ1) is 10.0. The van der Waals surface area contributed by atoms with Crippen molar-refractivity contribution in [3.63, 3.8) is 0 Å². The summed E-state index contributed by atoms with van der Waals surface area (Å²) in [6.07, 6.45) is 0. The molecule has 3 nitrogen and oxygen atoms in total. The largest absolute Gasteiger partial charge is 0.371 e. The topological polar surface area (TPSA) is 42.0 Å². The summed E-state index contributed by atoms with van der Waals surface area (Å²) in [6.45, 7) is 4.31. The van der Waals surface area contributed by atoms with E-state index >= 15 is 0 Å². The van der Waals surface area contributed by atoms with E-state index in [4.69, 9.17) is 0 Å². The molecule has 0 fully saturated rings. The lowest BCUT2D eigenvalue weighted by Gasteiger charge is -2.10. The lowest BCUT2D eigenvalue weighted by atomic mass is 10.2. The van der Waals surface area contributed by atoms with Gasteiger partial charge in [0.15, 0.2) is 0 Å². The zero-order valence-electron chi connectivity index (χ0n) is 12.0. The number of hydrogen-bond donors (Lipinski definition) is 1. The van der Waals surface area contributed by atoms with Crippen LogP contribution in [-0.4, -0.2) is 17.7 Å². The Balaban J connectivity index is 1.80. The predicted molar refractivity (Wildman–Crippen MR) is 92.5 cm³/mol. The quantitative estimate of drug-likeness (QED) is 0.735. The summed E-state index contributed by atoms with van der Waals surface area (Å²) in [5.74, 6) is 0. The van der Waals surface area contributed by atoms with Gasteiger partial charge in [0.2, 0.25) is 0 Å². The summed E-state index contributed by atoms with van der Waals surface area (Å²) < 4.78 is 16.6. The van der Waals surface area contributed by atoms with Gasteiger partial charge in [-0.25, -0.2) is 0 Å². The molecule has 21 heavy (non-hydrogen) atoms. The van der Waals surface area contributed by atoms with Crippen LogP contribution < -0.4 is 10.6 Å². The summed E-state index contributed by atoms with van der Waals surface area (Å²) >= 11 is 1.48. The van der Waals surface area contributed by atoms with E-state index in [1.165, 1.54) is 11.5 Å². The fourth-order valence-corrected chi connectivity index (χ4v) is 3.88. The van der Waals surface area contributed by atoms with Crippen molar-refractivity contribution in [2.45, 2.75) is 6.54 Å². The maximum atomic E-state index is 12.1. The summed E-state index contributed by atoms with van der Waals surface area (Å²) in [6, 6.07) is 16.1. The Morgan fingerprint density at radius 1 is 1.14 bits per heavy atom. The molecular formula is C16H17N2OPS. The molecule has 0 saturated carbocycles. The van der Waals surface area contributed by atoms with E-state index in [1.807, 2.05) is 36.4 Å². The zero-order chi connectivity index (χ0) is 14.9. The van der Waals surface area contributed by atoms with Crippen molar-refractivity contribution < 1.29 is 4.57 Å². The highest BCUT2D eigenvalue weighted by Gasteiger charge is 2.11. The Kier molecular flexibility index (Phi) is 3.83. The van der Waals surface area contributed by atoms with Crippen LogP contribution in [0.25, 0.3) is 10.9 Å². The van der Waals surface area contributed by atoms with Crippen LogP contribution in [0.3, 0.4) is 0 Å². The van der Waals surface area contributed by atoms with Gasteiger partial charge in [-0.1, -0.05) is 30.3 Å². The number of nitrogens with one attached hydrogen (secondary N) is 1. The first-order valence-electron chi connectivity index (χ1n) is 6.77. The van der Waals surface area contributed by atoms with Crippen LogP contribution in [-0.2, 0) is 11.1 Å². The second-order valence-electron chi connectivity index (χ2n) is 5.40. The first-order valence-corrected chi connectivity index (χ1v) is 10.1. The number of hydrogen-bond acceptors (Lipinski definition) is 4. The summed E-state index contributed by atoms with van der Waals surface area (Å²) in [4.78, 5) is 0. The SMILES string of the molecule is CP(C)(=O)c1cccc(CNc2snc3ccccc23)c1. The minimum Gasteiger partial charge on any atom is -0.371 e. The predicted octanol–water partition coefficient (Wildman–Crippen LogP) is 4.16. The molecule has 0 atom stereocenters. The summed E-state index contributed by atoms with van der Waals surface area (Å²) in [5, 5.41) is 6.58. The summed E-state index contributed by atoms with van der Waals surface area (Å²) in [5.41, 5.74) is 2.15. The molecule has 0 saturated heterocycles. The third-order valence-corrected chi connectivity index (χ3v) is 5.73. The Labute approximate surface area is 128 Å². The zero-order valence-corrected chi connectivity index (χ0v) is 13.7. The minimum absolute atomic E-state index is 0.708.